The number of rotatable bonds is 7. The molecule has 0 spiro atoms. The molecule has 0 aliphatic rings. The van der Waals surface area contributed by atoms with Crippen molar-refractivity contribution < 1.29 is 18.0 Å². The molecule has 1 rings (SSSR count). The van der Waals surface area contributed by atoms with Crippen molar-refractivity contribution in [2.24, 2.45) is 0 Å². The van der Waals surface area contributed by atoms with Gasteiger partial charge < -0.3 is 10.6 Å². The Morgan fingerprint density at radius 2 is 1.87 bits per heavy atom. The van der Waals surface area contributed by atoms with E-state index in [2.05, 4.69) is 15.6 Å². The first-order valence-electron chi connectivity index (χ1n) is 7.38. The molecule has 1 atom stereocenters. The summed E-state index contributed by atoms with van der Waals surface area (Å²) in [5, 5.41) is 3.33. The average molecular weight is 341 g/mol. The molecule has 1 heterocycles. The lowest BCUT2D eigenvalue weighted by molar-refractivity contribution is -0.120. The first-order valence-corrected chi connectivity index (χ1v) is 8.99. The maximum Gasteiger partial charge on any atom is 0.238 e. The van der Waals surface area contributed by atoms with Crippen LogP contribution < -0.4 is 10.6 Å². The summed E-state index contributed by atoms with van der Waals surface area (Å²) in [5.41, 5.74) is 0.781. The lowest BCUT2D eigenvalue weighted by Crippen LogP contribution is -2.41. The molecular formula is C15H23N3O4S. The van der Waals surface area contributed by atoms with Crippen LogP contribution in [0.3, 0.4) is 0 Å². The molecule has 2 N–H and O–H groups in total. The van der Waals surface area contributed by atoms with Crippen LogP contribution in [0.1, 0.15) is 32.9 Å². The van der Waals surface area contributed by atoms with Gasteiger partial charge in [-0.05, 0) is 39.8 Å². The van der Waals surface area contributed by atoms with Crippen molar-refractivity contribution in [3.05, 3.63) is 23.9 Å². The third-order valence-corrected chi connectivity index (χ3v) is 5.84. The van der Waals surface area contributed by atoms with Crippen molar-refractivity contribution in [1.82, 2.24) is 10.3 Å². The summed E-state index contributed by atoms with van der Waals surface area (Å²) in [5.74, 6) is -0.458. The van der Waals surface area contributed by atoms with Crippen LogP contribution in [0.25, 0.3) is 0 Å². The molecule has 0 bridgehead atoms. The number of aromatic nitrogens is 1. The van der Waals surface area contributed by atoms with Gasteiger partial charge in [0.25, 0.3) is 0 Å². The molecule has 128 valence electrons. The Morgan fingerprint density at radius 3 is 2.43 bits per heavy atom. The zero-order valence-electron chi connectivity index (χ0n) is 13.8. The molecule has 1 aromatic rings. The van der Waals surface area contributed by atoms with Crippen LogP contribution in [0.15, 0.2) is 18.2 Å². The normalized spacial score (nSPS) is 12.7. The Labute approximate surface area is 136 Å². The van der Waals surface area contributed by atoms with Gasteiger partial charge in [0.15, 0.2) is 9.84 Å². The van der Waals surface area contributed by atoms with Gasteiger partial charge in [0, 0.05) is 18.7 Å². The van der Waals surface area contributed by atoms with Gasteiger partial charge in [-0.3, -0.25) is 9.59 Å². The van der Waals surface area contributed by atoms with Crippen molar-refractivity contribution in [3.63, 3.8) is 0 Å². The van der Waals surface area contributed by atoms with E-state index in [0.717, 1.165) is 5.69 Å². The van der Waals surface area contributed by atoms with Crippen LogP contribution in [0, 0.1) is 6.92 Å². The monoisotopic (exact) mass is 341 g/mol. The van der Waals surface area contributed by atoms with Crippen LogP contribution >= 0.6 is 0 Å². The first kappa shape index (κ1) is 19.1. The van der Waals surface area contributed by atoms with E-state index in [1.165, 1.54) is 20.8 Å². The van der Waals surface area contributed by atoms with E-state index >= 15 is 0 Å². The van der Waals surface area contributed by atoms with Crippen molar-refractivity contribution in [1.29, 1.82) is 0 Å². The molecule has 0 aromatic carbocycles. The van der Waals surface area contributed by atoms with Crippen molar-refractivity contribution in [3.8, 4) is 0 Å². The highest BCUT2D eigenvalue weighted by Crippen LogP contribution is 2.09. The molecule has 2 amide bonds. The Hall–Kier alpha value is -1.96. The van der Waals surface area contributed by atoms with Gasteiger partial charge in [-0.1, -0.05) is 6.07 Å². The maximum absolute atomic E-state index is 11.9. The van der Waals surface area contributed by atoms with Crippen molar-refractivity contribution in [2.45, 2.75) is 44.6 Å². The standard InChI is InChI=1S/C15H23N3O4S/c1-10(2)23(21,22)12(4)15(20)16-9-8-14(19)18-13-7-5-6-11(3)17-13/h5-7,10,12H,8-9H2,1-4H3,(H,16,20)(H,17,18,19)/t12-/m0/s1. The third kappa shape index (κ3) is 5.63. The first-order chi connectivity index (χ1) is 10.6. The van der Waals surface area contributed by atoms with Gasteiger partial charge in [0.2, 0.25) is 11.8 Å². The minimum Gasteiger partial charge on any atom is -0.354 e. The Bertz CT molecular complexity index is 671. The highest BCUT2D eigenvalue weighted by Gasteiger charge is 2.30. The Morgan fingerprint density at radius 1 is 1.22 bits per heavy atom. The summed E-state index contributed by atoms with van der Waals surface area (Å²) in [6.07, 6.45) is 0.0375. The molecule has 0 fully saturated rings. The molecule has 0 aliphatic heterocycles. The van der Waals surface area contributed by atoms with E-state index < -0.39 is 26.2 Å². The SMILES string of the molecule is Cc1cccc(NC(=O)CCNC(=O)[C@H](C)S(=O)(=O)C(C)C)n1. The van der Waals surface area contributed by atoms with E-state index in [-0.39, 0.29) is 18.9 Å². The van der Waals surface area contributed by atoms with Gasteiger partial charge in [0.1, 0.15) is 11.1 Å². The summed E-state index contributed by atoms with van der Waals surface area (Å²) >= 11 is 0. The fourth-order valence-corrected chi connectivity index (χ4v) is 3.02. The fourth-order valence-electron chi connectivity index (χ4n) is 1.82. The van der Waals surface area contributed by atoms with Crippen LogP contribution in [-0.2, 0) is 19.4 Å². The molecule has 0 saturated heterocycles. The molecule has 1 aromatic heterocycles. The summed E-state index contributed by atoms with van der Waals surface area (Å²) in [7, 11) is -3.50. The van der Waals surface area contributed by atoms with E-state index in [9.17, 15) is 18.0 Å². The van der Waals surface area contributed by atoms with Crippen LogP contribution in [0.4, 0.5) is 5.82 Å². The van der Waals surface area contributed by atoms with Crippen LogP contribution in [0.5, 0.6) is 0 Å². The largest absolute Gasteiger partial charge is 0.354 e. The van der Waals surface area contributed by atoms with Crippen LogP contribution in [0.2, 0.25) is 0 Å². The predicted molar refractivity (Wildman–Crippen MR) is 88.7 cm³/mol. The van der Waals surface area contributed by atoms with Crippen molar-refractivity contribution >= 4 is 27.5 Å². The highest BCUT2D eigenvalue weighted by atomic mass is 32.2. The number of pyridine rings is 1. The molecule has 0 aliphatic carbocycles. The van der Waals surface area contributed by atoms with Gasteiger partial charge in [-0.15, -0.1) is 0 Å². The van der Waals surface area contributed by atoms with Gasteiger partial charge in [-0.2, -0.15) is 0 Å². The maximum atomic E-state index is 11.9. The number of aryl methyl sites for hydroxylation is 1. The summed E-state index contributed by atoms with van der Waals surface area (Å²) in [6, 6.07) is 5.26. The molecule has 8 heteroatoms. The lowest BCUT2D eigenvalue weighted by atomic mass is 10.3. The smallest absolute Gasteiger partial charge is 0.238 e. The van der Waals surface area contributed by atoms with Crippen LogP contribution in [-0.4, -0.2) is 42.3 Å². The van der Waals surface area contributed by atoms with E-state index in [4.69, 9.17) is 0 Å². The van der Waals surface area contributed by atoms with E-state index in [1.807, 2.05) is 13.0 Å². The lowest BCUT2D eigenvalue weighted by Gasteiger charge is -2.15. The second kappa shape index (κ2) is 8.05. The summed E-state index contributed by atoms with van der Waals surface area (Å²) in [6.45, 7) is 6.28. The number of nitrogens with one attached hydrogen (secondary N) is 2. The minimum atomic E-state index is -3.50. The van der Waals surface area contributed by atoms with E-state index in [1.54, 1.807) is 12.1 Å². The number of carbonyl (C=O) groups is 2. The zero-order chi connectivity index (χ0) is 17.6. The highest BCUT2D eigenvalue weighted by molar-refractivity contribution is 7.93. The second-order valence-corrected chi connectivity index (χ2v) is 8.36. The van der Waals surface area contributed by atoms with Gasteiger partial charge in [0.05, 0.1) is 5.25 Å². The number of hydrogen-bond donors (Lipinski definition) is 2. The molecule has 23 heavy (non-hydrogen) atoms. The molecule has 0 unspecified atom stereocenters. The second-order valence-electron chi connectivity index (χ2n) is 5.53. The number of carbonyl (C=O) groups excluding carboxylic acids is 2. The number of sulfone groups is 1. The topological polar surface area (TPSA) is 105 Å². The Kier molecular flexibility index (Phi) is 6.68. The molecule has 7 nitrogen and oxygen atoms in total. The zero-order valence-corrected chi connectivity index (χ0v) is 14.6. The third-order valence-electron chi connectivity index (χ3n) is 3.33. The molecular weight excluding hydrogens is 318 g/mol. The number of anilines is 1. The van der Waals surface area contributed by atoms with E-state index in [0.29, 0.717) is 5.82 Å². The minimum absolute atomic E-state index is 0.0375. The predicted octanol–water partition coefficient (Wildman–Crippen LogP) is 1.05. The Balaban J connectivity index is 2.44. The van der Waals surface area contributed by atoms with Gasteiger partial charge >= 0.3 is 0 Å². The van der Waals surface area contributed by atoms with Gasteiger partial charge in [-0.25, -0.2) is 13.4 Å². The quantitative estimate of drug-likeness (QED) is 0.771. The summed E-state index contributed by atoms with van der Waals surface area (Å²) in [4.78, 5) is 27.7. The molecule has 0 radical (unpaired) electrons. The summed E-state index contributed by atoms with van der Waals surface area (Å²) < 4.78 is 23.8. The molecule has 0 saturated carbocycles. The number of amides is 2. The number of nitrogens with zero attached hydrogens (tertiary/aromatic N) is 1. The number of hydrogen-bond acceptors (Lipinski definition) is 5. The fraction of sp³-hybridized carbons (Fsp3) is 0.533. The van der Waals surface area contributed by atoms with Crippen molar-refractivity contribution in [2.75, 3.05) is 11.9 Å². The average Bonchev–Trinajstić information content (AvgIpc) is 2.46.